The lowest BCUT2D eigenvalue weighted by atomic mass is 9.96. The second kappa shape index (κ2) is 11.4. The number of aromatic nitrogens is 2. The SMILES string of the molecule is C[C@H](C(=O)Nc1ncc(C(F)(F)F)s1)c1cccc(-c2cnc(NC(=O)/C=C/CN(C)C)c(F)c2)c1. The summed E-state index contributed by atoms with van der Waals surface area (Å²) < 4.78 is 52.9. The van der Waals surface area contributed by atoms with Crippen molar-refractivity contribution in [2.75, 3.05) is 31.3 Å². The second-order valence-corrected chi connectivity index (χ2v) is 9.10. The molecule has 0 spiro atoms. The predicted molar refractivity (Wildman–Crippen MR) is 130 cm³/mol. The van der Waals surface area contributed by atoms with Crippen molar-refractivity contribution in [2.24, 2.45) is 0 Å². The first kappa shape index (κ1) is 27.0. The molecule has 0 bridgehead atoms. The van der Waals surface area contributed by atoms with E-state index in [0.717, 1.165) is 0 Å². The van der Waals surface area contributed by atoms with Crippen LogP contribution < -0.4 is 10.6 Å². The van der Waals surface area contributed by atoms with E-state index in [9.17, 15) is 27.2 Å². The van der Waals surface area contributed by atoms with Crippen molar-refractivity contribution in [3.63, 3.8) is 0 Å². The summed E-state index contributed by atoms with van der Waals surface area (Å²) in [5.74, 6) is -2.74. The summed E-state index contributed by atoms with van der Waals surface area (Å²) >= 11 is 0.339. The van der Waals surface area contributed by atoms with Crippen molar-refractivity contribution >= 4 is 34.1 Å². The molecule has 3 rings (SSSR count). The number of likely N-dealkylation sites (N-methyl/N-ethyl adjacent to an activating group) is 1. The Hall–Kier alpha value is -3.64. The number of pyridine rings is 1. The summed E-state index contributed by atoms with van der Waals surface area (Å²) in [7, 11) is 3.69. The molecular formula is C24H23F4N5O2S. The van der Waals surface area contributed by atoms with E-state index < -0.39 is 34.6 Å². The van der Waals surface area contributed by atoms with Crippen molar-refractivity contribution < 1.29 is 27.2 Å². The van der Waals surface area contributed by atoms with Crippen molar-refractivity contribution in [1.29, 1.82) is 0 Å². The molecule has 2 amide bonds. The number of anilines is 2. The molecule has 3 aromatic rings. The lowest BCUT2D eigenvalue weighted by Crippen LogP contribution is -2.18. The molecule has 7 nitrogen and oxygen atoms in total. The van der Waals surface area contributed by atoms with E-state index in [1.807, 2.05) is 19.0 Å². The number of hydrogen-bond acceptors (Lipinski definition) is 6. The zero-order valence-corrected chi connectivity index (χ0v) is 20.4. The van der Waals surface area contributed by atoms with Gasteiger partial charge in [0.2, 0.25) is 11.8 Å². The molecule has 0 unspecified atom stereocenters. The van der Waals surface area contributed by atoms with Crippen LogP contribution >= 0.6 is 11.3 Å². The van der Waals surface area contributed by atoms with Crippen LogP contribution in [0, 0.1) is 5.82 Å². The van der Waals surface area contributed by atoms with Crippen LogP contribution in [-0.4, -0.2) is 47.3 Å². The minimum Gasteiger partial charge on any atom is -0.306 e. The van der Waals surface area contributed by atoms with Gasteiger partial charge in [0, 0.05) is 24.4 Å². The van der Waals surface area contributed by atoms with Gasteiger partial charge >= 0.3 is 6.18 Å². The number of hydrogen-bond donors (Lipinski definition) is 2. The third kappa shape index (κ3) is 7.18. The van der Waals surface area contributed by atoms with E-state index >= 15 is 0 Å². The average molecular weight is 522 g/mol. The Bertz CT molecular complexity index is 1270. The van der Waals surface area contributed by atoms with Gasteiger partial charge in [0.15, 0.2) is 16.8 Å². The molecule has 190 valence electrons. The Morgan fingerprint density at radius 1 is 1.11 bits per heavy atom. The smallest absolute Gasteiger partial charge is 0.306 e. The van der Waals surface area contributed by atoms with Gasteiger partial charge in [-0.15, -0.1) is 0 Å². The molecule has 0 fully saturated rings. The summed E-state index contributed by atoms with van der Waals surface area (Å²) in [5.41, 5.74) is 1.54. The third-order valence-corrected chi connectivity index (χ3v) is 5.91. The van der Waals surface area contributed by atoms with Crippen LogP contribution in [-0.2, 0) is 15.8 Å². The molecule has 0 aliphatic heterocycles. The van der Waals surface area contributed by atoms with Gasteiger partial charge < -0.3 is 15.5 Å². The zero-order chi connectivity index (χ0) is 26.5. The van der Waals surface area contributed by atoms with Gasteiger partial charge in [-0.05, 0) is 38.2 Å². The maximum atomic E-state index is 14.6. The molecule has 2 heterocycles. The van der Waals surface area contributed by atoms with E-state index in [4.69, 9.17) is 0 Å². The van der Waals surface area contributed by atoms with Crippen molar-refractivity contribution in [2.45, 2.75) is 19.0 Å². The number of rotatable bonds is 8. The van der Waals surface area contributed by atoms with E-state index in [1.54, 1.807) is 37.3 Å². The topological polar surface area (TPSA) is 87.2 Å². The molecule has 2 N–H and O–H groups in total. The minimum atomic E-state index is -4.54. The van der Waals surface area contributed by atoms with Gasteiger partial charge in [0.05, 0.1) is 12.1 Å². The number of nitrogens with zero attached hydrogens (tertiary/aromatic N) is 3. The maximum Gasteiger partial charge on any atom is 0.427 e. The summed E-state index contributed by atoms with van der Waals surface area (Å²) in [4.78, 5) is 33.1. The monoisotopic (exact) mass is 521 g/mol. The van der Waals surface area contributed by atoms with E-state index in [1.165, 1.54) is 18.3 Å². The van der Waals surface area contributed by atoms with Crippen molar-refractivity contribution in [1.82, 2.24) is 14.9 Å². The highest BCUT2D eigenvalue weighted by atomic mass is 32.1. The molecule has 1 atom stereocenters. The quantitative estimate of drug-likeness (QED) is 0.316. The van der Waals surface area contributed by atoms with E-state index in [0.29, 0.717) is 40.8 Å². The Morgan fingerprint density at radius 3 is 2.50 bits per heavy atom. The molecule has 0 saturated heterocycles. The number of alkyl halides is 3. The Balaban J connectivity index is 1.70. The lowest BCUT2D eigenvalue weighted by Gasteiger charge is -2.13. The number of nitrogens with one attached hydrogen (secondary N) is 2. The highest BCUT2D eigenvalue weighted by Gasteiger charge is 2.33. The van der Waals surface area contributed by atoms with Gasteiger partial charge in [0.1, 0.15) is 4.88 Å². The van der Waals surface area contributed by atoms with Crippen LogP contribution in [0.5, 0.6) is 0 Å². The van der Waals surface area contributed by atoms with Crippen LogP contribution in [0.3, 0.4) is 0 Å². The Morgan fingerprint density at radius 2 is 1.86 bits per heavy atom. The molecule has 0 aliphatic carbocycles. The number of halogens is 4. The van der Waals surface area contributed by atoms with Crippen LogP contribution in [0.15, 0.2) is 54.9 Å². The van der Waals surface area contributed by atoms with Gasteiger partial charge in [0.25, 0.3) is 0 Å². The highest BCUT2D eigenvalue weighted by molar-refractivity contribution is 7.15. The standard InChI is InChI=1S/C24H23F4N5O2S/c1-14(22(35)32-23-30-13-19(36-23)24(26,27)28)15-6-4-7-16(10-15)17-11-18(25)21(29-12-17)31-20(34)8-5-9-33(2)3/h4-8,10-14H,9H2,1-3H3,(H,29,31,34)(H,30,32,35)/b8-5+/t14-/m0/s1. The van der Waals surface area contributed by atoms with Gasteiger partial charge in [-0.3, -0.25) is 9.59 Å². The van der Waals surface area contributed by atoms with Crippen molar-refractivity contribution in [3.05, 3.63) is 71.1 Å². The van der Waals surface area contributed by atoms with Crippen LogP contribution in [0.1, 0.15) is 23.3 Å². The summed E-state index contributed by atoms with van der Waals surface area (Å²) in [6.45, 7) is 2.14. The first-order valence-electron chi connectivity index (χ1n) is 10.7. The highest BCUT2D eigenvalue weighted by Crippen LogP contribution is 2.35. The average Bonchev–Trinajstić information content (AvgIpc) is 3.29. The minimum absolute atomic E-state index is 0.157. The van der Waals surface area contributed by atoms with E-state index in [-0.39, 0.29) is 10.9 Å². The number of amides is 2. The fourth-order valence-electron chi connectivity index (χ4n) is 3.03. The molecule has 36 heavy (non-hydrogen) atoms. The second-order valence-electron chi connectivity index (χ2n) is 8.07. The maximum absolute atomic E-state index is 14.6. The fraction of sp³-hybridized carbons (Fsp3) is 0.250. The number of thiazole rings is 1. The molecular weight excluding hydrogens is 498 g/mol. The fourth-order valence-corrected chi connectivity index (χ4v) is 3.72. The van der Waals surface area contributed by atoms with E-state index in [2.05, 4.69) is 20.6 Å². The molecule has 0 saturated carbocycles. The van der Waals surface area contributed by atoms with Gasteiger partial charge in [-0.25, -0.2) is 14.4 Å². The van der Waals surface area contributed by atoms with Crippen LogP contribution in [0.4, 0.5) is 28.5 Å². The van der Waals surface area contributed by atoms with Crippen LogP contribution in [0.2, 0.25) is 0 Å². The summed E-state index contributed by atoms with van der Waals surface area (Å²) in [6.07, 6.45) is 0.444. The first-order chi connectivity index (χ1) is 16.9. The Kier molecular flexibility index (Phi) is 8.53. The zero-order valence-electron chi connectivity index (χ0n) is 19.6. The predicted octanol–water partition coefficient (Wildman–Crippen LogP) is 5.16. The normalized spacial score (nSPS) is 12.7. The number of carbonyl (C=O) groups is 2. The van der Waals surface area contributed by atoms with Gasteiger partial charge in [-0.2, -0.15) is 13.2 Å². The van der Waals surface area contributed by atoms with Gasteiger partial charge in [-0.1, -0.05) is 41.7 Å². The Labute approximate surface area is 208 Å². The lowest BCUT2D eigenvalue weighted by molar-refractivity contribution is -0.134. The summed E-state index contributed by atoms with van der Waals surface area (Å²) in [5, 5.41) is 4.62. The number of carbonyl (C=O) groups excluding carboxylic acids is 2. The first-order valence-corrected chi connectivity index (χ1v) is 11.5. The largest absolute Gasteiger partial charge is 0.427 e. The van der Waals surface area contributed by atoms with Crippen LogP contribution in [0.25, 0.3) is 11.1 Å². The molecule has 0 aliphatic rings. The molecule has 0 radical (unpaired) electrons. The molecule has 1 aromatic carbocycles. The molecule has 12 heteroatoms. The molecule has 2 aromatic heterocycles. The van der Waals surface area contributed by atoms with Crippen molar-refractivity contribution in [3.8, 4) is 11.1 Å². The number of benzene rings is 1. The third-order valence-electron chi connectivity index (χ3n) is 4.95. The summed E-state index contributed by atoms with van der Waals surface area (Å²) in [6, 6.07) is 7.91.